The Morgan fingerprint density at radius 3 is 2.53 bits per heavy atom. The first-order chi connectivity index (χ1) is 14.3. The van der Waals surface area contributed by atoms with E-state index in [4.69, 9.17) is 14.9 Å². The number of nitrogens with zero attached hydrogens (tertiary/aromatic N) is 3. The van der Waals surface area contributed by atoms with Crippen LogP contribution in [0.4, 0.5) is 13.2 Å². The van der Waals surface area contributed by atoms with Crippen molar-refractivity contribution in [3.63, 3.8) is 0 Å². The Hall–Kier alpha value is -3.43. The molecule has 0 spiro atoms. The number of ether oxygens (including phenoxy) is 1. The number of alkyl halides is 3. The third-order valence-electron chi connectivity index (χ3n) is 4.37. The molecule has 3 aromatic heterocycles. The van der Waals surface area contributed by atoms with Crippen molar-refractivity contribution >= 4 is 5.91 Å². The largest absolute Gasteiger partial charge is 0.481 e. The van der Waals surface area contributed by atoms with Crippen LogP contribution in [-0.4, -0.2) is 28.0 Å². The van der Waals surface area contributed by atoms with Gasteiger partial charge in [0.2, 0.25) is 17.7 Å². The van der Waals surface area contributed by atoms with Crippen LogP contribution in [0.15, 0.2) is 41.1 Å². The lowest BCUT2D eigenvalue weighted by molar-refractivity contribution is -0.141. The van der Waals surface area contributed by atoms with Gasteiger partial charge in [-0.15, -0.1) is 0 Å². The van der Waals surface area contributed by atoms with E-state index in [-0.39, 0.29) is 5.89 Å². The van der Waals surface area contributed by atoms with Crippen molar-refractivity contribution in [2.45, 2.75) is 31.9 Å². The van der Waals surface area contributed by atoms with Crippen molar-refractivity contribution in [3.8, 4) is 17.3 Å². The quantitative estimate of drug-likeness (QED) is 0.691. The zero-order valence-electron chi connectivity index (χ0n) is 16.1. The molecular formula is C20H19F3N4O3. The molecule has 1 aliphatic rings. The number of pyridine rings is 2. The van der Waals surface area contributed by atoms with E-state index in [2.05, 4.69) is 15.0 Å². The Bertz CT molecular complexity index is 1010. The molecule has 0 saturated carbocycles. The van der Waals surface area contributed by atoms with Crippen molar-refractivity contribution in [2.75, 3.05) is 7.11 Å². The number of methoxy groups -OCH3 is 1. The Kier molecular flexibility index (Phi) is 6.34. The van der Waals surface area contributed by atoms with Crippen molar-refractivity contribution in [1.29, 1.82) is 0 Å². The predicted molar refractivity (Wildman–Crippen MR) is 101 cm³/mol. The zero-order valence-corrected chi connectivity index (χ0v) is 16.1. The minimum Gasteiger partial charge on any atom is -0.481 e. The minimum atomic E-state index is -4.46. The molecule has 3 aromatic rings. The molecule has 0 fully saturated rings. The number of aryl methyl sites for hydroxylation is 2. The van der Waals surface area contributed by atoms with Crippen LogP contribution in [0.1, 0.15) is 40.3 Å². The van der Waals surface area contributed by atoms with Gasteiger partial charge in [0.15, 0.2) is 0 Å². The molecule has 30 heavy (non-hydrogen) atoms. The number of hydrogen-bond acceptors (Lipinski definition) is 6. The van der Waals surface area contributed by atoms with E-state index in [1.54, 1.807) is 0 Å². The SMILES string of the molecule is COc1cc(C(N)=O)ccn1.FC(F)(F)c1cc(-c2nc3c(o2)CCCC3)ccn1. The van der Waals surface area contributed by atoms with E-state index >= 15 is 0 Å². The summed E-state index contributed by atoms with van der Waals surface area (Å²) < 4.78 is 48.1. The molecule has 0 atom stereocenters. The third-order valence-corrected chi connectivity index (χ3v) is 4.37. The van der Waals surface area contributed by atoms with E-state index in [0.29, 0.717) is 17.0 Å². The molecule has 0 saturated heterocycles. The first-order valence-corrected chi connectivity index (χ1v) is 9.10. The first kappa shape index (κ1) is 21.3. The number of oxazole rings is 1. The molecule has 158 valence electrons. The fourth-order valence-corrected chi connectivity index (χ4v) is 2.87. The molecular weight excluding hydrogens is 401 g/mol. The number of carbonyl (C=O) groups excluding carboxylic acids is 1. The zero-order chi connectivity index (χ0) is 21.7. The second kappa shape index (κ2) is 8.93. The lowest BCUT2D eigenvalue weighted by Gasteiger charge is -2.05. The maximum atomic E-state index is 12.6. The maximum Gasteiger partial charge on any atom is 0.433 e. The summed E-state index contributed by atoms with van der Waals surface area (Å²) in [6.07, 6.45) is 1.85. The third kappa shape index (κ3) is 5.13. The molecule has 0 aliphatic heterocycles. The highest BCUT2D eigenvalue weighted by Crippen LogP contribution is 2.32. The van der Waals surface area contributed by atoms with Gasteiger partial charge in [0, 0.05) is 36.0 Å². The summed E-state index contributed by atoms with van der Waals surface area (Å²) >= 11 is 0. The molecule has 1 amide bonds. The highest BCUT2D eigenvalue weighted by Gasteiger charge is 2.33. The van der Waals surface area contributed by atoms with Gasteiger partial charge in [-0.1, -0.05) is 0 Å². The van der Waals surface area contributed by atoms with Gasteiger partial charge in [-0.25, -0.2) is 9.97 Å². The number of fused-ring (bicyclic) bond motifs is 1. The standard InChI is InChI=1S/C13H11F3N2O.C7H8N2O2/c14-13(15,16)11-7-8(5-6-17-11)12-18-9-3-1-2-4-10(9)19-12;1-11-6-4-5(7(8)10)2-3-9-6/h5-7H,1-4H2;2-4H,1H3,(H2,8,10). The van der Waals surface area contributed by atoms with Gasteiger partial charge in [0.1, 0.15) is 11.5 Å². The lowest BCUT2D eigenvalue weighted by Crippen LogP contribution is -2.10. The van der Waals surface area contributed by atoms with Gasteiger partial charge in [-0.3, -0.25) is 9.78 Å². The molecule has 3 heterocycles. The summed E-state index contributed by atoms with van der Waals surface area (Å²) in [5.41, 5.74) is 5.67. The predicted octanol–water partition coefficient (Wildman–Crippen LogP) is 3.82. The number of hydrogen-bond donors (Lipinski definition) is 1. The van der Waals surface area contributed by atoms with Gasteiger partial charge in [0.25, 0.3) is 0 Å². The molecule has 2 N–H and O–H groups in total. The van der Waals surface area contributed by atoms with Crippen LogP contribution in [0.5, 0.6) is 5.88 Å². The Morgan fingerprint density at radius 2 is 1.87 bits per heavy atom. The molecule has 7 nitrogen and oxygen atoms in total. The van der Waals surface area contributed by atoms with Crippen LogP contribution in [0.3, 0.4) is 0 Å². The van der Waals surface area contributed by atoms with Crippen molar-refractivity contribution in [3.05, 3.63) is 59.4 Å². The topological polar surface area (TPSA) is 104 Å². The van der Waals surface area contributed by atoms with E-state index in [0.717, 1.165) is 49.4 Å². The van der Waals surface area contributed by atoms with Gasteiger partial charge in [-0.05, 0) is 37.5 Å². The van der Waals surface area contributed by atoms with Gasteiger partial charge in [0.05, 0.1) is 12.8 Å². The molecule has 0 aromatic carbocycles. The number of nitrogens with two attached hydrogens (primary N) is 1. The second-order valence-corrected chi connectivity index (χ2v) is 6.47. The van der Waals surface area contributed by atoms with E-state index < -0.39 is 17.8 Å². The summed E-state index contributed by atoms with van der Waals surface area (Å²) in [6.45, 7) is 0. The fourth-order valence-electron chi connectivity index (χ4n) is 2.87. The normalized spacial score (nSPS) is 13.1. The number of carbonyl (C=O) groups is 1. The summed E-state index contributed by atoms with van der Waals surface area (Å²) in [7, 11) is 1.48. The monoisotopic (exact) mass is 420 g/mol. The van der Waals surface area contributed by atoms with Gasteiger partial charge >= 0.3 is 6.18 Å². The number of halogens is 3. The van der Waals surface area contributed by atoms with Crippen molar-refractivity contribution < 1.29 is 27.1 Å². The van der Waals surface area contributed by atoms with Crippen LogP contribution >= 0.6 is 0 Å². The minimum absolute atomic E-state index is 0.250. The lowest BCUT2D eigenvalue weighted by atomic mass is 10.0. The van der Waals surface area contributed by atoms with Gasteiger partial charge in [-0.2, -0.15) is 13.2 Å². The second-order valence-electron chi connectivity index (χ2n) is 6.47. The molecule has 10 heteroatoms. The van der Waals surface area contributed by atoms with Crippen LogP contribution < -0.4 is 10.5 Å². The summed E-state index contributed by atoms with van der Waals surface area (Å²) in [6, 6.07) is 5.47. The van der Waals surface area contributed by atoms with E-state index in [1.165, 1.54) is 31.5 Å². The Balaban J connectivity index is 0.000000199. The van der Waals surface area contributed by atoms with Gasteiger partial charge < -0.3 is 14.9 Å². The smallest absolute Gasteiger partial charge is 0.433 e. The molecule has 0 radical (unpaired) electrons. The molecule has 0 unspecified atom stereocenters. The van der Waals surface area contributed by atoms with Crippen LogP contribution in [0.2, 0.25) is 0 Å². The molecule has 1 aliphatic carbocycles. The Labute approximate surface area is 170 Å². The van der Waals surface area contributed by atoms with E-state index in [9.17, 15) is 18.0 Å². The number of rotatable bonds is 3. The average Bonchev–Trinajstić information content (AvgIpc) is 3.18. The van der Waals surface area contributed by atoms with Crippen LogP contribution in [-0.2, 0) is 19.0 Å². The first-order valence-electron chi connectivity index (χ1n) is 9.10. The number of aromatic nitrogens is 3. The Morgan fingerprint density at radius 1 is 1.13 bits per heavy atom. The van der Waals surface area contributed by atoms with E-state index in [1.807, 2.05) is 0 Å². The summed E-state index contributed by atoms with van der Waals surface area (Å²) in [5.74, 6) is 0.957. The number of amides is 1. The maximum absolute atomic E-state index is 12.6. The highest BCUT2D eigenvalue weighted by molar-refractivity contribution is 5.92. The van der Waals surface area contributed by atoms with Crippen LogP contribution in [0.25, 0.3) is 11.5 Å². The number of primary amides is 1. The van der Waals surface area contributed by atoms with Crippen LogP contribution in [0, 0.1) is 0 Å². The van der Waals surface area contributed by atoms with Crippen molar-refractivity contribution in [1.82, 2.24) is 15.0 Å². The fraction of sp³-hybridized carbons (Fsp3) is 0.300. The summed E-state index contributed by atoms with van der Waals surface area (Å²) in [5, 5.41) is 0. The molecule has 4 rings (SSSR count). The molecule has 0 bridgehead atoms. The summed E-state index contributed by atoms with van der Waals surface area (Å²) in [4.78, 5) is 22.0. The highest BCUT2D eigenvalue weighted by atomic mass is 19.4. The average molecular weight is 420 g/mol. The van der Waals surface area contributed by atoms with Crippen molar-refractivity contribution in [2.24, 2.45) is 5.73 Å².